The van der Waals surface area contributed by atoms with Crippen LogP contribution >= 0.6 is 11.6 Å². The molecule has 0 heterocycles. The highest BCUT2D eigenvalue weighted by Gasteiger charge is 2.11. The van der Waals surface area contributed by atoms with Gasteiger partial charge in [-0.25, -0.2) is 0 Å². The minimum absolute atomic E-state index is 0. The lowest BCUT2D eigenvalue weighted by Gasteiger charge is -2.22. The van der Waals surface area contributed by atoms with E-state index in [1.54, 1.807) is 24.3 Å². The molecule has 1 amide bonds. The second-order valence-electron chi connectivity index (χ2n) is 5.92. The number of benzene rings is 2. The van der Waals surface area contributed by atoms with Crippen LogP contribution < -0.4 is 27.9 Å². The summed E-state index contributed by atoms with van der Waals surface area (Å²) in [6.45, 7) is 8.08. The van der Waals surface area contributed by atoms with Crippen molar-refractivity contribution in [3.05, 3.63) is 64.8 Å². The first kappa shape index (κ1) is 23.4. The second-order valence-corrected chi connectivity index (χ2v) is 6.33. The molecule has 0 unspecified atom stereocenters. The predicted molar refractivity (Wildman–Crippen MR) is 112 cm³/mol. The van der Waals surface area contributed by atoms with Crippen LogP contribution in [0.3, 0.4) is 0 Å². The van der Waals surface area contributed by atoms with Crippen molar-refractivity contribution in [2.45, 2.75) is 20.8 Å². The Labute approximate surface area is 177 Å². The summed E-state index contributed by atoms with van der Waals surface area (Å²) >= 11 is 6.04. The minimum atomic E-state index is -0.518. The Balaban J connectivity index is 0.00000392. The molecule has 2 aromatic carbocycles. The average Bonchev–Trinajstić information content (AvgIpc) is 2.66. The zero-order chi connectivity index (χ0) is 19.8. The molecular weight excluding hydrogens is 395 g/mol. The van der Waals surface area contributed by atoms with E-state index in [0.29, 0.717) is 10.7 Å². The average molecular weight is 418 g/mol. The molecule has 0 bridgehead atoms. The number of hydrogen-bond donors (Lipinski definition) is 2. The highest BCUT2D eigenvalue weighted by atomic mass is 35.5. The monoisotopic (exact) mass is 417 g/mol. The summed E-state index contributed by atoms with van der Waals surface area (Å²) in [5.41, 5.74) is 3.43. The molecular formula is C21H23Cl2N4O-. The van der Waals surface area contributed by atoms with E-state index in [1.807, 2.05) is 25.1 Å². The third-order valence-corrected chi connectivity index (χ3v) is 4.53. The first-order chi connectivity index (χ1) is 13.0. The van der Waals surface area contributed by atoms with Crippen molar-refractivity contribution in [3.63, 3.8) is 0 Å². The van der Waals surface area contributed by atoms with Crippen LogP contribution in [0.4, 0.5) is 17.1 Å². The Morgan fingerprint density at radius 3 is 2.43 bits per heavy atom. The van der Waals surface area contributed by atoms with Crippen LogP contribution in [0.1, 0.15) is 19.4 Å². The van der Waals surface area contributed by atoms with Crippen LogP contribution in [0.25, 0.3) is 0 Å². The van der Waals surface area contributed by atoms with Gasteiger partial charge in [-0.1, -0.05) is 23.7 Å². The molecule has 0 aliphatic heterocycles. The minimum Gasteiger partial charge on any atom is -1.00 e. The summed E-state index contributed by atoms with van der Waals surface area (Å²) in [5.74, 6) is -0.518. The molecule has 0 saturated carbocycles. The van der Waals surface area contributed by atoms with Gasteiger partial charge >= 0.3 is 0 Å². The van der Waals surface area contributed by atoms with Gasteiger partial charge in [0.2, 0.25) is 0 Å². The molecule has 0 atom stereocenters. The molecule has 0 aliphatic rings. The predicted octanol–water partition coefficient (Wildman–Crippen LogP) is 1.96. The number of hydrogen-bond acceptors (Lipinski definition) is 4. The Hall–Kier alpha value is -2.68. The highest BCUT2D eigenvalue weighted by molar-refractivity contribution is 6.33. The van der Waals surface area contributed by atoms with E-state index in [-0.39, 0.29) is 18.0 Å². The maximum Gasteiger partial charge on any atom is 0.267 e. The molecule has 2 aromatic rings. The first-order valence-corrected chi connectivity index (χ1v) is 9.16. The SMILES string of the molecule is CCN(CC)c1ccc(N/C=C(/C#N)C(=O)Nc2ccccc2Cl)c(C)c1.[Cl-]. The number of nitrogens with one attached hydrogen (secondary N) is 2. The molecule has 7 heteroatoms. The van der Waals surface area contributed by atoms with Crippen LogP contribution in [0, 0.1) is 18.3 Å². The van der Waals surface area contributed by atoms with Gasteiger partial charge in [-0.3, -0.25) is 4.79 Å². The van der Waals surface area contributed by atoms with Gasteiger partial charge in [0.1, 0.15) is 11.6 Å². The second kappa shape index (κ2) is 11.2. The number of nitriles is 1. The first-order valence-electron chi connectivity index (χ1n) is 8.78. The van der Waals surface area contributed by atoms with Gasteiger partial charge in [0, 0.05) is 30.7 Å². The summed E-state index contributed by atoms with van der Waals surface area (Å²) in [6, 6.07) is 14.8. The molecule has 0 spiro atoms. The van der Waals surface area contributed by atoms with E-state index in [1.165, 1.54) is 6.20 Å². The van der Waals surface area contributed by atoms with Gasteiger partial charge in [0.15, 0.2) is 0 Å². The fourth-order valence-electron chi connectivity index (χ4n) is 2.65. The lowest BCUT2D eigenvalue weighted by molar-refractivity contribution is -0.112. The number of aryl methyl sites for hydroxylation is 1. The summed E-state index contributed by atoms with van der Waals surface area (Å²) in [4.78, 5) is 14.6. The highest BCUT2D eigenvalue weighted by Crippen LogP contribution is 2.23. The van der Waals surface area contributed by atoms with Crippen molar-refractivity contribution in [3.8, 4) is 6.07 Å². The van der Waals surface area contributed by atoms with Crippen LogP contribution in [0.15, 0.2) is 54.2 Å². The number of anilines is 3. The molecule has 5 nitrogen and oxygen atoms in total. The quantitative estimate of drug-likeness (QED) is 0.533. The van der Waals surface area contributed by atoms with Gasteiger partial charge in [0.25, 0.3) is 5.91 Å². The molecule has 148 valence electrons. The van der Waals surface area contributed by atoms with E-state index < -0.39 is 5.91 Å². The van der Waals surface area contributed by atoms with Crippen molar-refractivity contribution >= 4 is 34.6 Å². The van der Waals surface area contributed by atoms with Crippen LogP contribution in [-0.2, 0) is 4.79 Å². The Morgan fingerprint density at radius 2 is 1.86 bits per heavy atom. The van der Waals surface area contributed by atoms with Crippen molar-refractivity contribution in [1.82, 2.24) is 0 Å². The van der Waals surface area contributed by atoms with Crippen molar-refractivity contribution in [2.75, 3.05) is 28.6 Å². The zero-order valence-corrected chi connectivity index (χ0v) is 17.6. The third kappa shape index (κ3) is 5.91. The smallest absolute Gasteiger partial charge is 0.267 e. The number of para-hydroxylation sites is 1. The van der Waals surface area contributed by atoms with Crippen molar-refractivity contribution in [2.24, 2.45) is 0 Å². The van der Waals surface area contributed by atoms with Crippen LogP contribution in [0.5, 0.6) is 0 Å². The van der Waals surface area contributed by atoms with Gasteiger partial charge < -0.3 is 27.9 Å². The lowest BCUT2D eigenvalue weighted by atomic mass is 10.1. The van der Waals surface area contributed by atoms with Gasteiger partial charge in [-0.15, -0.1) is 0 Å². The maximum absolute atomic E-state index is 12.3. The molecule has 0 fully saturated rings. The zero-order valence-electron chi connectivity index (χ0n) is 16.1. The van der Waals surface area contributed by atoms with E-state index >= 15 is 0 Å². The van der Waals surface area contributed by atoms with E-state index in [9.17, 15) is 10.1 Å². The van der Waals surface area contributed by atoms with Crippen LogP contribution in [0.2, 0.25) is 5.02 Å². The molecule has 28 heavy (non-hydrogen) atoms. The van der Waals surface area contributed by atoms with Crippen molar-refractivity contribution in [1.29, 1.82) is 5.26 Å². The van der Waals surface area contributed by atoms with Crippen molar-refractivity contribution < 1.29 is 17.2 Å². The number of nitrogens with zero attached hydrogens (tertiary/aromatic N) is 2. The fourth-order valence-corrected chi connectivity index (χ4v) is 2.83. The number of halogens is 2. The Morgan fingerprint density at radius 1 is 1.18 bits per heavy atom. The Kier molecular flexibility index (Phi) is 9.37. The Bertz CT molecular complexity index is 886. The molecule has 0 saturated heterocycles. The molecule has 0 radical (unpaired) electrons. The fraction of sp³-hybridized carbons (Fsp3) is 0.238. The molecule has 0 aliphatic carbocycles. The molecule has 0 aromatic heterocycles. The lowest BCUT2D eigenvalue weighted by Crippen LogP contribution is -3.00. The number of carbonyl (C=O) groups excluding carboxylic acids is 1. The molecule has 2 rings (SSSR count). The number of carbonyl (C=O) groups is 1. The summed E-state index contributed by atoms with van der Waals surface area (Å²) in [5, 5.41) is 15.4. The van der Waals surface area contributed by atoms with E-state index in [2.05, 4.69) is 35.4 Å². The van der Waals surface area contributed by atoms with E-state index in [4.69, 9.17) is 11.6 Å². The number of rotatable bonds is 7. The summed E-state index contributed by atoms with van der Waals surface area (Å²) in [7, 11) is 0. The standard InChI is InChI=1S/C21H23ClN4O.ClH/c1-4-26(5-2)17-10-11-19(15(3)12-17)24-14-16(13-23)21(27)25-20-9-7-6-8-18(20)22;/h6-12,14,24H,4-5H2,1-3H3,(H,25,27);1H/p-1/b16-14-;. The normalized spacial score (nSPS) is 10.5. The van der Waals surface area contributed by atoms with Crippen LogP contribution in [-0.4, -0.2) is 19.0 Å². The maximum atomic E-state index is 12.3. The van der Waals surface area contributed by atoms with Gasteiger partial charge in [-0.2, -0.15) is 5.26 Å². The van der Waals surface area contributed by atoms with Gasteiger partial charge in [0.05, 0.1) is 10.7 Å². The largest absolute Gasteiger partial charge is 1.00 e. The topological polar surface area (TPSA) is 68.2 Å². The number of amides is 1. The summed E-state index contributed by atoms with van der Waals surface area (Å²) in [6.07, 6.45) is 1.41. The van der Waals surface area contributed by atoms with E-state index in [0.717, 1.165) is 30.0 Å². The summed E-state index contributed by atoms with van der Waals surface area (Å²) < 4.78 is 0. The van der Waals surface area contributed by atoms with Gasteiger partial charge in [-0.05, 0) is 56.7 Å². The molecule has 2 N–H and O–H groups in total. The third-order valence-electron chi connectivity index (χ3n) is 4.20.